The topological polar surface area (TPSA) is 66.6 Å². The molecule has 2 rings (SSSR count). The molecule has 0 unspecified atom stereocenters. The van der Waals surface area contributed by atoms with Gasteiger partial charge in [-0.2, -0.15) is 0 Å². The summed E-state index contributed by atoms with van der Waals surface area (Å²) in [5.74, 6) is 0.171. The van der Waals surface area contributed by atoms with Crippen LogP contribution < -0.4 is 5.73 Å². The van der Waals surface area contributed by atoms with E-state index >= 15 is 0 Å². The largest absolute Gasteiger partial charge is 0.349 e. The summed E-state index contributed by atoms with van der Waals surface area (Å²) in [5, 5.41) is 0. The standard InChI is InChI=1S/C17H25N3O2.ClH/c1-19(2)16(21)14-8-10-20(11-9-14)17(22)15(18)12-13-6-4-3-5-7-13;/h3-7,14-15H,8-12,18H2,1-2H3;1H/t15-;/m0./s1. The minimum absolute atomic E-state index is 0. The number of piperidine rings is 1. The number of rotatable bonds is 4. The zero-order chi connectivity index (χ0) is 16.1. The summed E-state index contributed by atoms with van der Waals surface area (Å²) < 4.78 is 0. The first-order valence-electron chi connectivity index (χ1n) is 7.78. The van der Waals surface area contributed by atoms with Crippen molar-refractivity contribution in [3.8, 4) is 0 Å². The van der Waals surface area contributed by atoms with Gasteiger partial charge < -0.3 is 15.5 Å². The number of nitrogens with zero attached hydrogens (tertiary/aromatic N) is 2. The van der Waals surface area contributed by atoms with Crippen molar-refractivity contribution in [2.24, 2.45) is 11.7 Å². The first-order valence-corrected chi connectivity index (χ1v) is 7.78. The van der Waals surface area contributed by atoms with Crippen molar-refractivity contribution in [2.45, 2.75) is 25.3 Å². The lowest BCUT2D eigenvalue weighted by Gasteiger charge is -2.33. The number of amides is 2. The highest BCUT2D eigenvalue weighted by molar-refractivity contribution is 5.85. The molecule has 0 radical (unpaired) electrons. The summed E-state index contributed by atoms with van der Waals surface area (Å²) in [5.41, 5.74) is 7.13. The SMILES string of the molecule is CN(C)C(=O)C1CCN(C(=O)[C@@H](N)Cc2ccccc2)CC1.Cl. The van der Waals surface area contributed by atoms with Crippen molar-refractivity contribution in [3.05, 3.63) is 35.9 Å². The van der Waals surface area contributed by atoms with Gasteiger partial charge in [-0.05, 0) is 24.8 Å². The molecule has 1 fully saturated rings. The third-order valence-electron chi connectivity index (χ3n) is 4.21. The molecule has 5 nitrogen and oxygen atoms in total. The predicted octanol–water partition coefficient (Wildman–Crippen LogP) is 1.31. The molecule has 0 bridgehead atoms. The molecule has 2 N–H and O–H groups in total. The third kappa shape index (κ3) is 5.22. The summed E-state index contributed by atoms with van der Waals surface area (Å²) in [7, 11) is 3.55. The van der Waals surface area contributed by atoms with Crippen LogP contribution in [-0.4, -0.2) is 54.8 Å². The van der Waals surface area contributed by atoms with Crippen LogP contribution >= 0.6 is 12.4 Å². The average Bonchev–Trinajstić information content (AvgIpc) is 2.54. The molecular formula is C17H26ClN3O2. The van der Waals surface area contributed by atoms with E-state index in [1.165, 1.54) is 0 Å². The Morgan fingerprint density at radius 3 is 2.30 bits per heavy atom. The Kier molecular flexibility index (Phi) is 7.52. The molecule has 23 heavy (non-hydrogen) atoms. The molecule has 1 saturated heterocycles. The lowest BCUT2D eigenvalue weighted by molar-refractivity contribution is -0.139. The summed E-state index contributed by atoms with van der Waals surface area (Å²) in [6.45, 7) is 1.23. The lowest BCUT2D eigenvalue weighted by atomic mass is 9.94. The second-order valence-corrected chi connectivity index (χ2v) is 6.13. The van der Waals surface area contributed by atoms with Crippen LogP contribution in [0.15, 0.2) is 30.3 Å². The lowest BCUT2D eigenvalue weighted by Crippen LogP contribution is -2.49. The Balaban J connectivity index is 0.00000264. The van der Waals surface area contributed by atoms with Gasteiger partial charge in [0.25, 0.3) is 0 Å². The fourth-order valence-electron chi connectivity index (χ4n) is 2.90. The maximum absolute atomic E-state index is 12.4. The molecule has 0 spiro atoms. The van der Waals surface area contributed by atoms with E-state index < -0.39 is 6.04 Å². The van der Waals surface area contributed by atoms with Crippen LogP contribution in [0.1, 0.15) is 18.4 Å². The van der Waals surface area contributed by atoms with Crippen LogP contribution in [0.5, 0.6) is 0 Å². The molecule has 1 aromatic carbocycles. The highest BCUT2D eigenvalue weighted by Crippen LogP contribution is 2.19. The van der Waals surface area contributed by atoms with Gasteiger partial charge in [-0.25, -0.2) is 0 Å². The van der Waals surface area contributed by atoms with Crippen LogP contribution in [0.2, 0.25) is 0 Å². The zero-order valence-electron chi connectivity index (χ0n) is 13.8. The Morgan fingerprint density at radius 1 is 1.22 bits per heavy atom. The van der Waals surface area contributed by atoms with E-state index in [0.717, 1.165) is 18.4 Å². The van der Waals surface area contributed by atoms with E-state index in [4.69, 9.17) is 5.73 Å². The van der Waals surface area contributed by atoms with Crippen LogP contribution in [0.25, 0.3) is 0 Å². The Hall–Kier alpha value is -1.59. The number of likely N-dealkylation sites (tertiary alicyclic amines) is 1. The maximum atomic E-state index is 12.4. The Bertz CT molecular complexity index is 514. The minimum atomic E-state index is -0.511. The Labute approximate surface area is 144 Å². The second kappa shape index (κ2) is 8.89. The fraction of sp³-hybridized carbons (Fsp3) is 0.529. The number of carbonyl (C=O) groups excluding carboxylic acids is 2. The van der Waals surface area contributed by atoms with Gasteiger partial charge in [0.05, 0.1) is 6.04 Å². The molecule has 0 saturated carbocycles. The molecule has 1 heterocycles. The first kappa shape index (κ1) is 19.5. The van der Waals surface area contributed by atoms with Gasteiger partial charge in [0.1, 0.15) is 0 Å². The van der Waals surface area contributed by atoms with E-state index in [-0.39, 0.29) is 30.1 Å². The van der Waals surface area contributed by atoms with Crippen molar-refractivity contribution in [3.63, 3.8) is 0 Å². The molecule has 1 aromatic rings. The van der Waals surface area contributed by atoms with Gasteiger partial charge in [-0.15, -0.1) is 12.4 Å². The van der Waals surface area contributed by atoms with Gasteiger partial charge in [0, 0.05) is 33.1 Å². The smallest absolute Gasteiger partial charge is 0.239 e. The van der Waals surface area contributed by atoms with Gasteiger partial charge in [-0.1, -0.05) is 30.3 Å². The maximum Gasteiger partial charge on any atom is 0.239 e. The molecule has 0 aliphatic carbocycles. The minimum Gasteiger partial charge on any atom is -0.349 e. The van der Waals surface area contributed by atoms with E-state index in [9.17, 15) is 9.59 Å². The van der Waals surface area contributed by atoms with Crippen molar-refractivity contribution in [1.82, 2.24) is 9.80 Å². The van der Waals surface area contributed by atoms with Crippen molar-refractivity contribution in [1.29, 1.82) is 0 Å². The van der Waals surface area contributed by atoms with Crippen LogP contribution in [0, 0.1) is 5.92 Å². The van der Waals surface area contributed by atoms with Crippen molar-refractivity contribution in [2.75, 3.05) is 27.2 Å². The molecule has 6 heteroatoms. The number of benzene rings is 1. The van der Waals surface area contributed by atoms with Gasteiger partial charge in [0.2, 0.25) is 11.8 Å². The molecule has 1 aliphatic rings. The average molecular weight is 340 g/mol. The van der Waals surface area contributed by atoms with Crippen LogP contribution in [-0.2, 0) is 16.0 Å². The number of halogens is 1. The molecule has 0 aromatic heterocycles. The number of hydrogen-bond acceptors (Lipinski definition) is 3. The zero-order valence-corrected chi connectivity index (χ0v) is 14.6. The second-order valence-electron chi connectivity index (χ2n) is 6.13. The molecular weight excluding hydrogens is 314 g/mol. The van der Waals surface area contributed by atoms with Gasteiger partial charge >= 0.3 is 0 Å². The van der Waals surface area contributed by atoms with Crippen LogP contribution in [0.3, 0.4) is 0 Å². The fourth-order valence-corrected chi connectivity index (χ4v) is 2.90. The summed E-state index contributed by atoms with van der Waals surface area (Å²) in [4.78, 5) is 27.8. The number of carbonyl (C=O) groups is 2. The summed E-state index contributed by atoms with van der Waals surface area (Å²) in [6.07, 6.45) is 2.00. The highest BCUT2D eigenvalue weighted by atomic mass is 35.5. The first-order chi connectivity index (χ1) is 10.5. The van der Waals surface area contributed by atoms with Crippen molar-refractivity contribution < 1.29 is 9.59 Å². The summed E-state index contributed by atoms with van der Waals surface area (Å²) >= 11 is 0. The number of hydrogen-bond donors (Lipinski definition) is 1. The monoisotopic (exact) mass is 339 g/mol. The Morgan fingerprint density at radius 2 is 1.78 bits per heavy atom. The summed E-state index contributed by atoms with van der Waals surface area (Å²) in [6, 6.07) is 9.30. The molecule has 2 amide bonds. The van der Waals surface area contributed by atoms with E-state index in [2.05, 4.69) is 0 Å². The van der Waals surface area contributed by atoms with Crippen molar-refractivity contribution >= 4 is 24.2 Å². The third-order valence-corrected chi connectivity index (χ3v) is 4.21. The van der Waals surface area contributed by atoms with E-state index in [1.54, 1.807) is 23.9 Å². The highest BCUT2D eigenvalue weighted by Gasteiger charge is 2.30. The van der Waals surface area contributed by atoms with E-state index in [1.807, 2.05) is 30.3 Å². The normalized spacial score (nSPS) is 16.4. The van der Waals surface area contributed by atoms with E-state index in [0.29, 0.717) is 19.5 Å². The quantitative estimate of drug-likeness (QED) is 0.899. The molecule has 1 aliphatic heterocycles. The predicted molar refractivity (Wildman–Crippen MR) is 93.4 cm³/mol. The molecule has 1 atom stereocenters. The molecule has 128 valence electrons. The van der Waals surface area contributed by atoms with Gasteiger partial charge in [-0.3, -0.25) is 9.59 Å². The van der Waals surface area contributed by atoms with Gasteiger partial charge in [0.15, 0.2) is 0 Å². The van der Waals surface area contributed by atoms with Crippen LogP contribution in [0.4, 0.5) is 0 Å². The number of nitrogens with two attached hydrogens (primary N) is 1.